The number of likely N-dealkylation sites (tertiary alicyclic amines) is 1. The zero-order valence-corrected chi connectivity index (χ0v) is 17.0. The van der Waals surface area contributed by atoms with Crippen molar-refractivity contribution in [2.75, 3.05) is 27.2 Å². The van der Waals surface area contributed by atoms with Crippen LogP contribution in [0.3, 0.4) is 0 Å². The molecule has 1 unspecified atom stereocenters. The summed E-state index contributed by atoms with van der Waals surface area (Å²) in [5, 5.41) is 3.95. The summed E-state index contributed by atoms with van der Waals surface area (Å²) < 4.78 is 0. The summed E-state index contributed by atoms with van der Waals surface area (Å²) >= 11 is 12.9. The Labute approximate surface area is 165 Å². The van der Waals surface area contributed by atoms with Gasteiger partial charge in [0, 0.05) is 31.1 Å². The van der Waals surface area contributed by atoms with E-state index in [1.165, 1.54) is 12.8 Å². The van der Waals surface area contributed by atoms with Crippen LogP contribution in [0.25, 0.3) is 0 Å². The first-order valence-electron chi connectivity index (χ1n) is 9.08. The van der Waals surface area contributed by atoms with Crippen molar-refractivity contribution in [3.05, 3.63) is 33.3 Å². The summed E-state index contributed by atoms with van der Waals surface area (Å²) in [6.07, 6.45) is 3.34. The Morgan fingerprint density at radius 1 is 1.31 bits per heavy atom. The third kappa shape index (κ3) is 4.46. The number of hydrogen-bond donors (Lipinski definition) is 1. The summed E-state index contributed by atoms with van der Waals surface area (Å²) in [5.41, 5.74) is 1.55. The molecule has 26 heavy (non-hydrogen) atoms. The maximum absolute atomic E-state index is 12.6. The maximum atomic E-state index is 12.6. The number of nitrogens with zero attached hydrogens (tertiary/aromatic N) is 2. The lowest BCUT2D eigenvalue weighted by atomic mass is 10.1. The highest BCUT2D eigenvalue weighted by atomic mass is 35.5. The third-order valence-corrected chi connectivity index (χ3v) is 6.04. The van der Waals surface area contributed by atoms with Crippen LogP contribution in [0.4, 0.5) is 4.79 Å². The molecule has 2 atom stereocenters. The van der Waals surface area contributed by atoms with E-state index in [1.54, 1.807) is 4.90 Å². The molecule has 2 aliphatic rings. The second kappa shape index (κ2) is 8.08. The highest BCUT2D eigenvalue weighted by Crippen LogP contribution is 2.33. The zero-order chi connectivity index (χ0) is 18.8. The predicted molar refractivity (Wildman–Crippen MR) is 107 cm³/mol. The average molecular weight is 394 g/mol. The average Bonchev–Trinajstić information content (AvgIpc) is 3.34. The van der Waals surface area contributed by atoms with Crippen LogP contribution in [0.1, 0.15) is 43.4 Å². The van der Waals surface area contributed by atoms with Gasteiger partial charge in [0.1, 0.15) is 0 Å². The van der Waals surface area contributed by atoms with Crippen LogP contribution in [-0.4, -0.2) is 49.1 Å². The van der Waals surface area contributed by atoms with Gasteiger partial charge in [-0.25, -0.2) is 4.79 Å². The Balaban J connectivity index is 1.67. The SMILES string of the molecule is C[C@H](NC(=O)N(C)C1CCN(C)C1)c1ccc(C#CC2CC2)c(Cl)c1Cl. The number of rotatable bonds is 3. The number of halogens is 2. The molecule has 6 heteroatoms. The van der Waals surface area contributed by atoms with Gasteiger partial charge in [-0.05, 0) is 51.4 Å². The van der Waals surface area contributed by atoms with Crippen LogP contribution in [0.5, 0.6) is 0 Å². The second-order valence-corrected chi connectivity index (χ2v) is 8.12. The molecule has 1 aliphatic heterocycles. The molecule has 1 N–H and O–H groups in total. The van der Waals surface area contributed by atoms with Gasteiger partial charge in [0.25, 0.3) is 0 Å². The van der Waals surface area contributed by atoms with Gasteiger partial charge in [-0.2, -0.15) is 0 Å². The van der Waals surface area contributed by atoms with Crippen molar-refractivity contribution < 1.29 is 4.79 Å². The van der Waals surface area contributed by atoms with Gasteiger partial charge in [-0.15, -0.1) is 0 Å². The first kappa shape index (κ1) is 19.4. The summed E-state index contributed by atoms with van der Waals surface area (Å²) in [6, 6.07) is 3.70. The van der Waals surface area contributed by atoms with Crippen molar-refractivity contribution in [3.63, 3.8) is 0 Å². The van der Waals surface area contributed by atoms with Crippen LogP contribution in [0.15, 0.2) is 12.1 Å². The number of carbonyl (C=O) groups excluding carboxylic acids is 1. The minimum Gasteiger partial charge on any atom is -0.331 e. The van der Waals surface area contributed by atoms with Gasteiger partial charge in [-0.1, -0.05) is 41.1 Å². The van der Waals surface area contributed by atoms with Crippen LogP contribution in [0.2, 0.25) is 10.0 Å². The quantitative estimate of drug-likeness (QED) is 0.782. The van der Waals surface area contributed by atoms with E-state index in [-0.39, 0.29) is 18.1 Å². The Kier molecular flexibility index (Phi) is 6.02. The number of benzene rings is 1. The minimum absolute atomic E-state index is 0.0948. The fourth-order valence-corrected chi connectivity index (χ4v) is 3.71. The summed E-state index contributed by atoms with van der Waals surface area (Å²) in [4.78, 5) is 16.6. The lowest BCUT2D eigenvalue weighted by Gasteiger charge is -2.27. The monoisotopic (exact) mass is 393 g/mol. The Bertz CT molecular complexity index is 751. The molecule has 1 aromatic rings. The molecule has 1 aromatic carbocycles. The molecule has 3 rings (SSSR count). The lowest BCUT2D eigenvalue weighted by Crippen LogP contribution is -2.45. The van der Waals surface area contributed by atoms with Crippen molar-refractivity contribution in [3.8, 4) is 11.8 Å². The summed E-state index contributed by atoms with van der Waals surface area (Å²) in [6.45, 7) is 3.83. The van der Waals surface area contributed by atoms with E-state index >= 15 is 0 Å². The van der Waals surface area contributed by atoms with Gasteiger partial charge in [0.2, 0.25) is 0 Å². The Morgan fingerprint density at radius 3 is 2.65 bits per heavy atom. The number of likely N-dealkylation sites (N-methyl/N-ethyl adjacent to an activating group) is 2. The van der Waals surface area contributed by atoms with Crippen molar-refractivity contribution >= 4 is 29.2 Å². The number of hydrogen-bond acceptors (Lipinski definition) is 2. The molecule has 140 valence electrons. The number of urea groups is 1. The van der Waals surface area contributed by atoms with Gasteiger partial charge in [0.05, 0.1) is 16.1 Å². The molecular weight excluding hydrogens is 369 g/mol. The van der Waals surface area contributed by atoms with E-state index in [2.05, 4.69) is 29.1 Å². The van der Waals surface area contributed by atoms with Gasteiger partial charge in [-0.3, -0.25) is 0 Å². The predicted octanol–water partition coefficient (Wildman–Crippen LogP) is 4.16. The highest BCUT2D eigenvalue weighted by molar-refractivity contribution is 6.43. The second-order valence-electron chi connectivity index (χ2n) is 7.36. The molecular formula is C20H25Cl2N3O. The molecule has 2 amide bonds. The third-order valence-electron chi connectivity index (χ3n) is 5.14. The van der Waals surface area contributed by atoms with E-state index in [1.807, 2.05) is 26.1 Å². The molecule has 4 nitrogen and oxygen atoms in total. The number of nitrogens with one attached hydrogen (secondary N) is 1. The van der Waals surface area contributed by atoms with E-state index < -0.39 is 0 Å². The maximum Gasteiger partial charge on any atom is 0.317 e. The zero-order valence-electron chi connectivity index (χ0n) is 15.5. The molecule has 1 heterocycles. The molecule has 0 aromatic heterocycles. The molecule has 2 fully saturated rings. The van der Waals surface area contributed by atoms with E-state index in [0.717, 1.165) is 30.6 Å². The fourth-order valence-electron chi connectivity index (χ4n) is 3.16. The van der Waals surface area contributed by atoms with E-state index in [0.29, 0.717) is 16.0 Å². The normalized spacial score (nSPS) is 21.0. The van der Waals surface area contributed by atoms with Gasteiger partial charge < -0.3 is 15.1 Å². The van der Waals surface area contributed by atoms with Crippen molar-refractivity contribution in [2.45, 2.75) is 38.3 Å². The first-order chi connectivity index (χ1) is 12.4. The first-order valence-corrected chi connectivity index (χ1v) is 9.83. The molecule has 1 aliphatic carbocycles. The van der Waals surface area contributed by atoms with Crippen molar-refractivity contribution in [1.82, 2.24) is 15.1 Å². The van der Waals surface area contributed by atoms with Crippen LogP contribution >= 0.6 is 23.2 Å². The molecule has 0 spiro atoms. The minimum atomic E-state index is -0.237. The van der Waals surface area contributed by atoms with Crippen LogP contribution < -0.4 is 5.32 Å². The molecule has 0 radical (unpaired) electrons. The molecule has 1 saturated carbocycles. The lowest BCUT2D eigenvalue weighted by molar-refractivity contribution is 0.187. The molecule has 1 saturated heterocycles. The van der Waals surface area contributed by atoms with Gasteiger partial charge >= 0.3 is 6.03 Å². The standard InChI is InChI=1S/C20H25Cl2N3O/c1-13(23-20(26)25(3)16-10-11-24(2)12-16)17-9-8-15(18(21)19(17)22)7-6-14-4-5-14/h8-9,13-14,16H,4-5,10-12H2,1-3H3,(H,23,26)/t13-,16?/m0/s1. The number of amides is 2. The highest BCUT2D eigenvalue weighted by Gasteiger charge is 2.27. The van der Waals surface area contributed by atoms with Crippen molar-refractivity contribution in [1.29, 1.82) is 0 Å². The molecule has 0 bridgehead atoms. The smallest absolute Gasteiger partial charge is 0.317 e. The van der Waals surface area contributed by atoms with E-state index in [4.69, 9.17) is 23.2 Å². The van der Waals surface area contributed by atoms with Gasteiger partial charge in [0.15, 0.2) is 0 Å². The Morgan fingerprint density at radius 2 is 2.04 bits per heavy atom. The van der Waals surface area contributed by atoms with E-state index in [9.17, 15) is 4.79 Å². The summed E-state index contributed by atoms with van der Waals surface area (Å²) in [5.74, 6) is 6.82. The Hall–Kier alpha value is -1.41. The van der Waals surface area contributed by atoms with Crippen LogP contribution in [0, 0.1) is 17.8 Å². The van der Waals surface area contributed by atoms with Crippen LogP contribution in [-0.2, 0) is 0 Å². The van der Waals surface area contributed by atoms with Crippen molar-refractivity contribution in [2.24, 2.45) is 5.92 Å². The summed E-state index contributed by atoms with van der Waals surface area (Å²) in [7, 11) is 3.92. The topological polar surface area (TPSA) is 35.6 Å². The fraction of sp³-hybridized carbons (Fsp3) is 0.550. The number of carbonyl (C=O) groups is 1. The largest absolute Gasteiger partial charge is 0.331 e.